The summed E-state index contributed by atoms with van der Waals surface area (Å²) in [6.45, 7) is 20.8. The fourth-order valence-corrected chi connectivity index (χ4v) is 7.94. The average Bonchev–Trinajstić information content (AvgIpc) is 3.09. The van der Waals surface area contributed by atoms with Crippen LogP contribution in [-0.2, 0) is 19.3 Å². The molecule has 3 nitrogen and oxygen atoms in total. The van der Waals surface area contributed by atoms with E-state index in [9.17, 15) is 0 Å². The van der Waals surface area contributed by atoms with Gasteiger partial charge >= 0.3 is 0 Å². The van der Waals surface area contributed by atoms with Crippen LogP contribution in [0.4, 0.5) is 0 Å². The normalized spacial score (nSPS) is 11.2. The van der Waals surface area contributed by atoms with Crippen LogP contribution in [0.5, 0.6) is 0 Å². The number of pyridine rings is 3. The van der Waals surface area contributed by atoms with Crippen molar-refractivity contribution in [3.05, 3.63) is 175 Å². The summed E-state index contributed by atoms with van der Waals surface area (Å²) in [5.74, 6) is 0. The zero-order chi connectivity index (χ0) is 34.8. The second-order valence-electron chi connectivity index (χ2n) is 14.1. The van der Waals surface area contributed by atoms with Gasteiger partial charge in [-0.3, -0.25) is 15.0 Å². The molecule has 0 amide bonds. The summed E-state index contributed by atoms with van der Waals surface area (Å²) < 4.78 is 0. The summed E-state index contributed by atoms with van der Waals surface area (Å²) in [6, 6.07) is 20.0. The molecule has 0 saturated heterocycles. The van der Waals surface area contributed by atoms with Crippen LogP contribution >= 0.6 is 0 Å². The first kappa shape index (κ1) is 34.1. The fraction of sp³-hybridized carbons (Fsp3) is 0.267. The van der Waals surface area contributed by atoms with Gasteiger partial charge in [0.25, 0.3) is 0 Å². The molecule has 0 aliphatic rings. The summed E-state index contributed by atoms with van der Waals surface area (Å²) in [5, 5.41) is 0. The quantitative estimate of drug-likeness (QED) is 0.151. The van der Waals surface area contributed by atoms with E-state index in [1.807, 2.05) is 37.2 Å². The van der Waals surface area contributed by atoms with Crippen LogP contribution in [0.15, 0.2) is 91.8 Å². The Balaban J connectivity index is 1.77. The van der Waals surface area contributed by atoms with Crippen molar-refractivity contribution in [2.45, 2.75) is 81.6 Å². The molecule has 0 aliphatic carbocycles. The fourth-order valence-electron chi connectivity index (χ4n) is 7.94. The first-order valence-electron chi connectivity index (χ1n) is 17.5. The minimum Gasteiger partial charge on any atom is -0.264 e. The topological polar surface area (TPSA) is 38.7 Å². The lowest BCUT2D eigenvalue weighted by atomic mass is 9.32. The summed E-state index contributed by atoms with van der Waals surface area (Å²) in [7, 11) is 0. The van der Waals surface area contributed by atoms with E-state index in [-0.39, 0.29) is 6.71 Å². The van der Waals surface area contributed by atoms with Crippen LogP contribution in [0.25, 0.3) is 0 Å². The number of hydrogen-bond acceptors (Lipinski definition) is 3. The van der Waals surface area contributed by atoms with Gasteiger partial charge < -0.3 is 0 Å². The molecule has 0 N–H and O–H groups in total. The van der Waals surface area contributed by atoms with Gasteiger partial charge in [-0.15, -0.1) is 0 Å². The van der Waals surface area contributed by atoms with E-state index in [0.717, 1.165) is 19.3 Å². The summed E-state index contributed by atoms with van der Waals surface area (Å²) in [4.78, 5) is 13.6. The Kier molecular flexibility index (Phi) is 9.97. The Bertz CT molecular complexity index is 1880. The van der Waals surface area contributed by atoms with E-state index in [2.05, 4.69) is 132 Å². The third kappa shape index (κ3) is 6.88. The monoisotopic (exact) mass is 641 g/mol. The maximum absolute atomic E-state index is 4.53. The molecule has 246 valence electrons. The molecule has 0 unspecified atom stereocenters. The third-order valence-electron chi connectivity index (χ3n) is 10.9. The van der Waals surface area contributed by atoms with Crippen molar-refractivity contribution < 1.29 is 0 Å². The summed E-state index contributed by atoms with van der Waals surface area (Å²) in [6.07, 6.45) is 14.2. The van der Waals surface area contributed by atoms with E-state index in [4.69, 9.17) is 0 Å². The van der Waals surface area contributed by atoms with Crippen molar-refractivity contribution in [1.29, 1.82) is 0 Å². The van der Waals surface area contributed by atoms with Gasteiger partial charge in [0, 0.05) is 37.2 Å². The van der Waals surface area contributed by atoms with Crippen LogP contribution in [0.3, 0.4) is 0 Å². The smallest absolute Gasteiger partial charge is 0.243 e. The van der Waals surface area contributed by atoms with Crippen molar-refractivity contribution in [2.24, 2.45) is 0 Å². The molecule has 0 spiro atoms. The van der Waals surface area contributed by atoms with Crippen molar-refractivity contribution in [3.8, 4) is 0 Å². The van der Waals surface area contributed by atoms with Gasteiger partial charge in [0.05, 0.1) is 0 Å². The molecule has 49 heavy (non-hydrogen) atoms. The third-order valence-corrected chi connectivity index (χ3v) is 10.9. The van der Waals surface area contributed by atoms with Crippen molar-refractivity contribution in [2.75, 3.05) is 0 Å². The molecular formula is C45H48BN3. The highest BCUT2D eigenvalue weighted by atomic mass is 14.6. The lowest BCUT2D eigenvalue weighted by Gasteiger charge is -2.32. The Labute approximate surface area is 294 Å². The lowest BCUT2D eigenvalue weighted by Crippen LogP contribution is -2.59. The molecule has 6 rings (SSSR count). The van der Waals surface area contributed by atoms with Crippen LogP contribution in [-0.4, -0.2) is 21.7 Å². The molecule has 0 aliphatic heterocycles. The summed E-state index contributed by atoms with van der Waals surface area (Å²) in [5.41, 5.74) is 24.3. The lowest BCUT2D eigenvalue weighted by molar-refractivity contribution is 1.11. The van der Waals surface area contributed by atoms with Crippen molar-refractivity contribution >= 4 is 23.1 Å². The van der Waals surface area contributed by atoms with E-state index in [0.29, 0.717) is 0 Å². The molecule has 4 heteroatoms. The molecule has 3 heterocycles. The van der Waals surface area contributed by atoms with Crippen molar-refractivity contribution in [3.63, 3.8) is 0 Å². The number of nitrogens with zero attached hydrogens (tertiary/aromatic N) is 3. The van der Waals surface area contributed by atoms with Gasteiger partial charge in [0.1, 0.15) is 0 Å². The average molecular weight is 642 g/mol. The van der Waals surface area contributed by atoms with Gasteiger partial charge in [-0.1, -0.05) is 69.5 Å². The molecule has 0 radical (unpaired) electrons. The van der Waals surface area contributed by atoms with Gasteiger partial charge in [-0.25, -0.2) is 0 Å². The van der Waals surface area contributed by atoms with E-state index >= 15 is 0 Å². The number of aromatic nitrogens is 3. The van der Waals surface area contributed by atoms with Gasteiger partial charge in [-0.05, 0) is 167 Å². The van der Waals surface area contributed by atoms with Gasteiger partial charge in [0.15, 0.2) is 0 Å². The zero-order valence-corrected chi connectivity index (χ0v) is 30.7. The van der Waals surface area contributed by atoms with E-state index < -0.39 is 0 Å². The predicted molar refractivity (Wildman–Crippen MR) is 208 cm³/mol. The zero-order valence-electron chi connectivity index (χ0n) is 30.7. The van der Waals surface area contributed by atoms with Crippen LogP contribution in [0.1, 0.15) is 83.5 Å². The second kappa shape index (κ2) is 14.3. The molecule has 0 saturated carbocycles. The Hall–Kier alpha value is -4.83. The van der Waals surface area contributed by atoms with E-state index in [1.54, 1.807) is 0 Å². The van der Waals surface area contributed by atoms with Crippen molar-refractivity contribution in [1.82, 2.24) is 15.0 Å². The van der Waals surface area contributed by atoms with Gasteiger partial charge in [-0.2, -0.15) is 0 Å². The molecule has 3 aromatic heterocycles. The number of aryl methyl sites for hydroxylation is 6. The second-order valence-corrected chi connectivity index (χ2v) is 14.1. The Morgan fingerprint density at radius 1 is 0.408 bits per heavy atom. The minimum atomic E-state index is 0.0146. The Morgan fingerprint density at radius 2 is 0.694 bits per heavy atom. The number of hydrogen-bond donors (Lipinski definition) is 0. The van der Waals surface area contributed by atoms with Crippen LogP contribution < -0.4 is 16.4 Å². The molecule has 6 aromatic rings. The first-order valence-corrected chi connectivity index (χ1v) is 17.5. The highest BCUT2D eigenvalue weighted by molar-refractivity contribution is 6.97. The van der Waals surface area contributed by atoms with Crippen LogP contribution in [0.2, 0.25) is 0 Å². The SMILES string of the molecule is Cc1cc(C)c(Cc2cccnc2)c(B(c2c(C)c(C)cc(C)c2Cc2cccnc2)c2c(C)c(C)cc(C)c2Cc2cccnc2)c1C. The molecule has 0 fully saturated rings. The Morgan fingerprint density at radius 3 is 0.939 bits per heavy atom. The molecular weight excluding hydrogens is 593 g/mol. The van der Waals surface area contributed by atoms with E-state index in [1.165, 1.54) is 99.8 Å². The number of rotatable bonds is 9. The standard InChI is InChI=1S/C45H48BN3/c1-28-19-31(4)40(22-37-13-10-16-47-25-37)43(34(28)7)46(44-35(8)29(2)20-32(5)41(44)23-38-14-11-17-48-26-38)45-36(9)30(3)21-33(6)42(45)24-39-15-12-18-49-27-39/h10-21,25-27H,22-24H2,1-9H3. The highest BCUT2D eigenvalue weighted by Gasteiger charge is 2.35. The maximum Gasteiger partial charge on any atom is 0.243 e. The first-order chi connectivity index (χ1) is 23.5. The predicted octanol–water partition coefficient (Wildman–Crippen LogP) is 7.94. The molecule has 0 bridgehead atoms. The minimum absolute atomic E-state index is 0.0146. The largest absolute Gasteiger partial charge is 0.264 e. The number of benzene rings is 3. The maximum atomic E-state index is 4.53. The highest BCUT2D eigenvalue weighted by Crippen LogP contribution is 2.26. The summed E-state index contributed by atoms with van der Waals surface area (Å²) >= 11 is 0. The van der Waals surface area contributed by atoms with Crippen LogP contribution in [0, 0.1) is 62.3 Å². The molecule has 3 aromatic carbocycles. The molecule has 0 atom stereocenters. The van der Waals surface area contributed by atoms with Gasteiger partial charge in [0.2, 0.25) is 6.71 Å².